The second-order valence-corrected chi connectivity index (χ2v) is 3.08. The van der Waals surface area contributed by atoms with Crippen LogP contribution in [0, 0.1) is 0 Å². The molecule has 13 heavy (non-hydrogen) atoms. The zero-order chi connectivity index (χ0) is 9.47. The highest BCUT2D eigenvalue weighted by molar-refractivity contribution is 5.79. The number of benzene rings is 1. The molecule has 0 radical (unpaired) electrons. The van der Waals surface area contributed by atoms with E-state index in [0.29, 0.717) is 5.75 Å². The van der Waals surface area contributed by atoms with Crippen LogP contribution >= 0.6 is 0 Å². The van der Waals surface area contributed by atoms with E-state index in [4.69, 9.17) is 15.6 Å². The van der Waals surface area contributed by atoms with Gasteiger partial charge in [-0.15, -0.1) is 0 Å². The van der Waals surface area contributed by atoms with Gasteiger partial charge in [0.25, 0.3) is 5.72 Å². The average molecular weight is 179 g/mol. The summed E-state index contributed by atoms with van der Waals surface area (Å²) >= 11 is 0. The predicted octanol–water partition coefficient (Wildman–Crippen LogP) is 0.361. The van der Waals surface area contributed by atoms with Gasteiger partial charge in [-0.3, -0.25) is 5.73 Å². The Morgan fingerprint density at radius 1 is 1.54 bits per heavy atom. The van der Waals surface area contributed by atoms with E-state index in [1.165, 1.54) is 0 Å². The molecule has 1 aliphatic heterocycles. The molecule has 1 aromatic carbocycles. The van der Waals surface area contributed by atoms with Gasteiger partial charge in [-0.05, 0) is 6.07 Å². The minimum absolute atomic E-state index is 0.221. The number of aliphatic carboxylic acids is 1. The summed E-state index contributed by atoms with van der Waals surface area (Å²) in [5.41, 5.74) is 4.79. The topological polar surface area (TPSA) is 72.6 Å². The summed E-state index contributed by atoms with van der Waals surface area (Å²) in [7, 11) is 0. The van der Waals surface area contributed by atoms with Crippen LogP contribution in [0.1, 0.15) is 5.56 Å². The highest BCUT2D eigenvalue weighted by Crippen LogP contribution is 2.31. The van der Waals surface area contributed by atoms with Gasteiger partial charge in [0.1, 0.15) is 5.75 Å². The third-order valence-electron chi connectivity index (χ3n) is 2.08. The van der Waals surface area contributed by atoms with E-state index in [1.54, 1.807) is 12.1 Å². The van der Waals surface area contributed by atoms with E-state index in [2.05, 4.69) is 0 Å². The average Bonchev–Trinajstić information content (AvgIpc) is 2.42. The van der Waals surface area contributed by atoms with Crippen LogP contribution < -0.4 is 10.5 Å². The van der Waals surface area contributed by atoms with Crippen LogP contribution in [-0.4, -0.2) is 16.8 Å². The zero-order valence-electron chi connectivity index (χ0n) is 6.86. The number of hydrogen-bond donors (Lipinski definition) is 2. The van der Waals surface area contributed by atoms with Crippen molar-refractivity contribution in [2.45, 2.75) is 12.1 Å². The number of carbonyl (C=O) groups is 1. The molecule has 68 valence electrons. The molecule has 0 saturated heterocycles. The SMILES string of the molecule is NC1(C(=O)O)Cc2ccccc2O1. The molecule has 0 saturated carbocycles. The molecule has 0 aliphatic carbocycles. The molecule has 3 N–H and O–H groups in total. The molecule has 2 rings (SSSR count). The number of para-hydroxylation sites is 1. The number of fused-ring (bicyclic) bond motifs is 1. The summed E-state index contributed by atoms with van der Waals surface area (Å²) in [5.74, 6) is -0.573. The number of rotatable bonds is 1. The fourth-order valence-electron chi connectivity index (χ4n) is 1.38. The molecule has 4 heteroatoms. The fraction of sp³-hybridized carbons (Fsp3) is 0.222. The van der Waals surface area contributed by atoms with Crippen molar-refractivity contribution in [2.75, 3.05) is 0 Å². The van der Waals surface area contributed by atoms with Crippen LogP contribution in [0.2, 0.25) is 0 Å². The van der Waals surface area contributed by atoms with Gasteiger partial charge in [0.15, 0.2) is 0 Å². The minimum atomic E-state index is -1.58. The molecule has 1 aromatic rings. The first kappa shape index (κ1) is 8.07. The lowest BCUT2D eigenvalue weighted by atomic mass is 10.1. The minimum Gasteiger partial charge on any atom is -0.477 e. The van der Waals surface area contributed by atoms with E-state index in [9.17, 15) is 4.79 Å². The number of carboxylic acids is 1. The third kappa shape index (κ3) is 1.15. The highest BCUT2D eigenvalue weighted by Gasteiger charge is 2.42. The standard InChI is InChI=1S/C9H9NO3/c10-9(8(11)12)5-6-3-1-2-4-7(6)13-9/h1-4H,5,10H2,(H,11,12). The van der Waals surface area contributed by atoms with Crippen molar-refractivity contribution in [3.63, 3.8) is 0 Å². The third-order valence-corrected chi connectivity index (χ3v) is 2.08. The Bertz CT molecular complexity index is 337. The number of hydrogen-bond acceptors (Lipinski definition) is 3. The molecule has 1 aliphatic rings. The van der Waals surface area contributed by atoms with E-state index in [-0.39, 0.29) is 6.42 Å². The van der Waals surface area contributed by atoms with Gasteiger partial charge in [0, 0.05) is 12.0 Å². The monoisotopic (exact) mass is 179 g/mol. The largest absolute Gasteiger partial charge is 0.477 e. The lowest BCUT2D eigenvalue weighted by molar-refractivity contribution is -0.153. The lowest BCUT2D eigenvalue weighted by Crippen LogP contribution is -2.52. The van der Waals surface area contributed by atoms with E-state index in [0.717, 1.165) is 5.56 Å². The zero-order valence-corrected chi connectivity index (χ0v) is 6.86. The molecule has 1 heterocycles. The van der Waals surface area contributed by atoms with Crippen LogP contribution in [0.4, 0.5) is 0 Å². The lowest BCUT2D eigenvalue weighted by Gasteiger charge is -2.17. The van der Waals surface area contributed by atoms with Gasteiger partial charge >= 0.3 is 5.97 Å². The van der Waals surface area contributed by atoms with Gasteiger partial charge in [0.2, 0.25) is 0 Å². The van der Waals surface area contributed by atoms with Crippen LogP contribution in [0.3, 0.4) is 0 Å². The van der Waals surface area contributed by atoms with E-state index < -0.39 is 11.7 Å². The quantitative estimate of drug-likeness (QED) is 0.652. The maximum absolute atomic E-state index is 10.7. The molecular weight excluding hydrogens is 170 g/mol. The number of carboxylic acid groups (broad SMARTS) is 1. The van der Waals surface area contributed by atoms with Crippen molar-refractivity contribution < 1.29 is 14.6 Å². The molecule has 0 bridgehead atoms. The van der Waals surface area contributed by atoms with Crippen LogP contribution in [0.15, 0.2) is 24.3 Å². The second-order valence-electron chi connectivity index (χ2n) is 3.08. The number of ether oxygens (including phenoxy) is 1. The molecule has 4 nitrogen and oxygen atoms in total. The first-order valence-electron chi connectivity index (χ1n) is 3.91. The van der Waals surface area contributed by atoms with Gasteiger partial charge in [-0.25, -0.2) is 4.79 Å². The van der Waals surface area contributed by atoms with E-state index in [1.807, 2.05) is 12.1 Å². The van der Waals surface area contributed by atoms with Gasteiger partial charge in [-0.2, -0.15) is 0 Å². The number of nitrogens with two attached hydrogens (primary N) is 1. The van der Waals surface area contributed by atoms with Crippen LogP contribution in [0.25, 0.3) is 0 Å². The summed E-state index contributed by atoms with van der Waals surface area (Å²) in [6, 6.07) is 7.14. The molecule has 1 unspecified atom stereocenters. The molecule has 0 amide bonds. The van der Waals surface area contributed by atoms with Crippen molar-refractivity contribution in [2.24, 2.45) is 5.73 Å². The summed E-state index contributed by atoms with van der Waals surface area (Å²) < 4.78 is 5.13. The van der Waals surface area contributed by atoms with Gasteiger partial charge < -0.3 is 9.84 Å². The Kier molecular flexibility index (Phi) is 1.53. The Labute approximate surface area is 74.9 Å². The maximum atomic E-state index is 10.7. The van der Waals surface area contributed by atoms with Crippen LogP contribution in [0.5, 0.6) is 5.75 Å². The maximum Gasteiger partial charge on any atom is 0.364 e. The summed E-state index contributed by atoms with van der Waals surface area (Å²) in [4.78, 5) is 10.7. The van der Waals surface area contributed by atoms with Gasteiger partial charge in [-0.1, -0.05) is 18.2 Å². The highest BCUT2D eigenvalue weighted by atomic mass is 16.5. The Balaban J connectivity index is 2.37. The molecule has 0 spiro atoms. The normalized spacial score (nSPS) is 25.0. The summed E-state index contributed by atoms with van der Waals surface area (Å²) in [6.07, 6.45) is 0.221. The first-order valence-corrected chi connectivity index (χ1v) is 3.91. The van der Waals surface area contributed by atoms with E-state index >= 15 is 0 Å². The second kappa shape index (κ2) is 2.47. The van der Waals surface area contributed by atoms with Crippen molar-refractivity contribution >= 4 is 5.97 Å². The van der Waals surface area contributed by atoms with Crippen molar-refractivity contribution in [1.29, 1.82) is 0 Å². The Morgan fingerprint density at radius 3 is 2.85 bits per heavy atom. The summed E-state index contributed by atoms with van der Waals surface area (Å²) in [6.45, 7) is 0. The Hall–Kier alpha value is -1.55. The first-order chi connectivity index (χ1) is 6.12. The molecule has 1 atom stereocenters. The van der Waals surface area contributed by atoms with Crippen LogP contribution in [-0.2, 0) is 11.2 Å². The van der Waals surface area contributed by atoms with Gasteiger partial charge in [0.05, 0.1) is 0 Å². The fourth-order valence-corrected chi connectivity index (χ4v) is 1.38. The predicted molar refractivity (Wildman–Crippen MR) is 45.3 cm³/mol. The van der Waals surface area contributed by atoms with Crippen molar-refractivity contribution in [3.05, 3.63) is 29.8 Å². The molecular formula is C9H9NO3. The van der Waals surface area contributed by atoms with Crippen molar-refractivity contribution in [1.82, 2.24) is 0 Å². The molecule has 0 fully saturated rings. The molecule has 0 aromatic heterocycles. The Morgan fingerprint density at radius 2 is 2.23 bits per heavy atom. The van der Waals surface area contributed by atoms with Crippen molar-refractivity contribution in [3.8, 4) is 5.75 Å². The smallest absolute Gasteiger partial charge is 0.364 e. The summed E-state index contributed by atoms with van der Waals surface area (Å²) in [5, 5.41) is 8.79.